The van der Waals surface area contributed by atoms with E-state index >= 15 is 0 Å². The molecule has 1 N–H and O–H groups in total. The summed E-state index contributed by atoms with van der Waals surface area (Å²) in [6, 6.07) is 9.77. The maximum Gasteiger partial charge on any atom is 0.0995 e. The molecular formula is C17H17Cl2N3. The average Bonchev–Trinajstić information content (AvgIpc) is 2.76. The Labute approximate surface area is 141 Å². The number of hydrogen-bond donors (Lipinski definition) is 1. The van der Waals surface area contributed by atoms with Gasteiger partial charge in [0, 0.05) is 29.6 Å². The molecule has 114 valence electrons. The first-order valence-corrected chi connectivity index (χ1v) is 7.29. The Morgan fingerprint density at radius 2 is 2.14 bits per heavy atom. The molecule has 0 saturated heterocycles. The Bertz CT molecular complexity index is 748. The first-order chi connectivity index (χ1) is 9.99. The highest BCUT2D eigenvalue weighted by Crippen LogP contribution is 2.35. The molecule has 0 atom stereocenters. The zero-order valence-electron chi connectivity index (χ0n) is 12.5. The molecule has 1 aliphatic heterocycles. The SMILES string of the molecule is CC1(C)CNc2cc(Cc3ccc(Cl)cc3C#N)cnc21.Cl. The third-order valence-electron chi connectivity index (χ3n) is 3.89. The normalized spacial score (nSPS) is 14.5. The van der Waals surface area contributed by atoms with E-state index in [1.165, 1.54) is 0 Å². The molecule has 0 unspecified atom stereocenters. The molecule has 3 rings (SSSR count). The lowest BCUT2D eigenvalue weighted by Crippen LogP contribution is -2.20. The van der Waals surface area contributed by atoms with E-state index in [-0.39, 0.29) is 17.8 Å². The largest absolute Gasteiger partial charge is 0.383 e. The van der Waals surface area contributed by atoms with Gasteiger partial charge in [0.15, 0.2) is 0 Å². The molecule has 0 saturated carbocycles. The van der Waals surface area contributed by atoms with E-state index in [2.05, 4.69) is 36.3 Å². The lowest BCUT2D eigenvalue weighted by molar-refractivity contribution is 0.568. The van der Waals surface area contributed by atoms with Crippen LogP contribution in [0.4, 0.5) is 5.69 Å². The van der Waals surface area contributed by atoms with Crippen molar-refractivity contribution in [3.8, 4) is 6.07 Å². The van der Waals surface area contributed by atoms with Crippen molar-refractivity contribution < 1.29 is 0 Å². The predicted molar refractivity (Wildman–Crippen MR) is 92.0 cm³/mol. The summed E-state index contributed by atoms with van der Waals surface area (Å²) in [7, 11) is 0. The summed E-state index contributed by atoms with van der Waals surface area (Å²) in [5.41, 5.74) is 4.98. The fourth-order valence-corrected chi connectivity index (χ4v) is 2.88. The van der Waals surface area contributed by atoms with Crippen molar-refractivity contribution in [2.45, 2.75) is 25.7 Å². The number of nitrogens with zero attached hydrogens (tertiary/aromatic N) is 2. The fourth-order valence-electron chi connectivity index (χ4n) is 2.71. The topological polar surface area (TPSA) is 48.7 Å². The first kappa shape index (κ1) is 16.6. The number of hydrogen-bond acceptors (Lipinski definition) is 3. The average molecular weight is 334 g/mol. The summed E-state index contributed by atoms with van der Waals surface area (Å²) in [5, 5.41) is 13.2. The number of rotatable bonds is 2. The number of nitrogens with one attached hydrogen (secondary N) is 1. The second kappa shape index (κ2) is 6.16. The fraction of sp³-hybridized carbons (Fsp3) is 0.294. The molecule has 2 aromatic rings. The standard InChI is InChI=1S/C17H16ClN3.ClH/c1-17(2)10-21-15-6-11(9-20-16(15)17)5-12-3-4-14(18)7-13(12)8-19;/h3-4,6-7,9,21H,5,10H2,1-2H3;1H. The van der Waals surface area contributed by atoms with Gasteiger partial charge in [0.2, 0.25) is 0 Å². The van der Waals surface area contributed by atoms with Gasteiger partial charge in [0.05, 0.1) is 23.0 Å². The van der Waals surface area contributed by atoms with Crippen molar-refractivity contribution in [2.75, 3.05) is 11.9 Å². The maximum atomic E-state index is 9.21. The minimum Gasteiger partial charge on any atom is -0.383 e. The number of halogens is 2. The number of aromatic nitrogens is 1. The van der Waals surface area contributed by atoms with Crippen molar-refractivity contribution in [1.82, 2.24) is 4.98 Å². The minimum absolute atomic E-state index is 0. The van der Waals surface area contributed by atoms with Gasteiger partial charge in [-0.15, -0.1) is 12.4 Å². The zero-order valence-corrected chi connectivity index (χ0v) is 14.1. The van der Waals surface area contributed by atoms with E-state index in [1.54, 1.807) is 6.07 Å². The summed E-state index contributed by atoms with van der Waals surface area (Å²) < 4.78 is 0. The molecule has 0 amide bonds. The Balaban J connectivity index is 0.00000176. The molecule has 0 aliphatic carbocycles. The molecule has 0 spiro atoms. The van der Waals surface area contributed by atoms with Crippen LogP contribution in [0, 0.1) is 11.3 Å². The molecule has 0 radical (unpaired) electrons. The summed E-state index contributed by atoms with van der Waals surface area (Å²) in [6.45, 7) is 5.28. The highest BCUT2D eigenvalue weighted by atomic mass is 35.5. The molecule has 5 heteroatoms. The van der Waals surface area contributed by atoms with Crippen molar-refractivity contribution in [3.63, 3.8) is 0 Å². The van der Waals surface area contributed by atoms with Crippen LogP contribution in [0.5, 0.6) is 0 Å². The van der Waals surface area contributed by atoms with E-state index in [0.29, 0.717) is 17.0 Å². The maximum absolute atomic E-state index is 9.21. The van der Waals surface area contributed by atoms with E-state index in [9.17, 15) is 5.26 Å². The van der Waals surface area contributed by atoms with E-state index in [4.69, 9.17) is 11.6 Å². The first-order valence-electron chi connectivity index (χ1n) is 6.91. The van der Waals surface area contributed by atoms with Crippen LogP contribution >= 0.6 is 24.0 Å². The third kappa shape index (κ3) is 3.04. The Morgan fingerprint density at radius 1 is 1.36 bits per heavy atom. The lowest BCUT2D eigenvalue weighted by atomic mass is 9.91. The summed E-state index contributed by atoms with van der Waals surface area (Å²) >= 11 is 5.93. The summed E-state index contributed by atoms with van der Waals surface area (Å²) in [5.74, 6) is 0. The summed E-state index contributed by atoms with van der Waals surface area (Å²) in [6.07, 6.45) is 2.59. The van der Waals surface area contributed by atoms with Crippen LogP contribution in [0.2, 0.25) is 5.02 Å². The smallest absolute Gasteiger partial charge is 0.0995 e. The van der Waals surface area contributed by atoms with Gasteiger partial charge < -0.3 is 5.32 Å². The van der Waals surface area contributed by atoms with Crippen molar-refractivity contribution >= 4 is 29.7 Å². The minimum atomic E-state index is 0. The van der Waals surface area contributed by atoms with Crippen LogP contribution in [0.25, 0.3) is 0 Å². The number of pyridine rings is 1. The second-order valence-corrected chi connectivity index (χ2v) is 6.50. The molecule has 0 bridgehead atoms. The second-order valence-electron chi connectivity index (χ2n) is 6.07. The van der Waals surface area contributed by atoms with Crippen molar-refractivity contribution in [1.29, 1.82) is 5.26 Å². The highest BCUT2D eigenvalue weighted by Gasteiger charge is 2.31. The van der Waals surface area contributed by atoms with Crippen LogP contribution < -0.4 is 5.32 Å². The Morgan fingerprint density at radius 3 is 2.86 bits per heavy atom. The third-order valence-corrected chi connectivity index (χ3v) is 4.13. The Hall–Kier alpha value is -1.76. The van der Waals surface area contributed by atoms with Gasteiger partial charge in [-0.05, 0) is 29.3 Å². The quantitative estimate of drug-likeness (QED) is 0.890. The van der Waals surface area contributed by atoms with Gasteiger partial charge in [0.25, 0.3) is 0 Å². The molecule has 0 fully saturated rings. The van der Waals surface area contributed by atoms with Crippen molar-refractivity contribution in [3.05, 3.63) is 57.9 Å². The molecule has 1 aromatic carbocycles. The highest BCUT2D eigenvalue weighted by molar-refractivity contribution is 6.30. The Kier molecular flexibility index (Phi) is 4.65. The molecule has 1 aromatic heterocycles. The molecule has 3 nitrogen and oxygen atoms in total. The summed E-state index contributed by atoms with van der Waals surface area (Å²) in [4.78, 5) is 4.61. The van der Waals surface area contributed by atoms with E-state index in [0.717, 1.165) is 29.1 Å². The van der Waals surface area contributed by atoms with Gasteiger partial charge in [-0.2, -0.15) is 5.26 Å². The van der Waals surface area contributed by atoms with Gasteiger partial charge in [-0.1, -0.05) is 31.5 Å². The molecule has 2 heterocycles. The van der Waals surface area contributed by atoms with E-state index < -0.39 is 0 Å². The number of benzene rings is 1. The molecule has 1 aliphatic rings. The van der Waals surface area contributed by atoms with Gasteiger partial charge in [0.1, 0.15) is 0 Å². The monoisotopic (exact) mass is 333 g/mol. The van der Waals surface area contributed by atoms with Gasteiger partial charge >= 0.3 is 0 Å². The number of anilines is 1. The number of nitriles is 1. The van der Waals surface area contributed by atoms with Crippen LogP contribution in [0.1, 0.15) is 36.2 Å². The molecule has 22 heavy (non-hydrogen) atoms. The van der Waals surface area contributed by atoms with E-state index in [1.807, 2.05) is 18.3 Å². The zero-order chi connectivity index (χ0) is 15.0. The van der Waals surface area contributed by atoms with Gasteiger partial charge in [-0.25, -0.2) is 0 Å². The van der Waals surface area contributed by atoms with Crippen molar-refractivity contribution in [2.24, 2.45) is 0 Å². The van der Waals surface area contributed by atoms with Gasteiger partial charge in [-0.3, -0.25) is 4.98 Å². The van der Waals surface area contributed by atoms with Crippen LogP contribution in [0.15, 0.2) is 30.5 Å². The lowest BCUT2D eigenvalue weighted by Gasteiger charge is -2.15. The predicted octanol–water partition coefficient (Wildman–Crippen LogP) is 4.32. The van der Waals surface area contributed by atoms with Crippen LogP contribution in [-0.2, 0) is 11.8 Å². The van der Waals surface area contributed by atoms with Crippen LogP contribution in [0.3, 0.4) is 0 Å². The van der Waals surface area contributed by atoms with Crippen LogP contribution in [-0.4, -0.2) is 11.5 Å². The molecular weight excluding hydrogens is 317 g/mol. The number of fused-ring (bicyclic) bond motifs is 1.